The summed E-state index contributed by atoms with van der Waals surface area (Å²) in [6.07, 6.45) is 1.25. The number of thioether (sulfide) groups is 1. The lowest BCUT2D eigenvalue weighted by Gasteiger charge is -2.08. The Morgan fingerprint density at radius 2 is 1.86 bits per heavy atom. The highest BCUT2D eigenvalue weighted by Crippen LogP contribution is 2.19. The van der Waals surface area contributed by atoms with Crippen molar-refractivity contribution in [1.82, 2.24) is 4.90 Å². The molecule has 0 saturated carbocycles. The largest absolute Gasteiger partial charge is 0.309 e. The van der Waals surface area contributed by atoms with Crippen molar-refractivity contribution in [3.05, 3.63) is 27.8 Å². The predicted molar refractivity (Wildman–Crippen MR) is 73.1 cm³/mol. The van der Waals surface area contributed by atoms with Crippen LogP contribution in [0.4, 0.5) is 0 Å². The molecule has 0 bridgehead atoms. The average Bonchev–Trinajstić information content (AvgIpc) is 2.15. The normalized spacial score (nSPS) is 10.9. The fourth-order valence-corrected chi connectivity index (χ4v) is 2.30. The van der Waals surface area contributed by atoms with E-state index in [0.717, 1.165) is 0 Å². The molecule has 0 aliphatic rings. The van der Waals surface area contributed by atoms with Crippen molar-refractivity contribution in [2.75, 3.05) is 26.4 Å². The van der Waals surface area contributed by atoms with Crippen LogP contribution < -0.4 is 0 Å². The summed E-state index contributed by atoms with van der Waals surface area (Å²) in [6, 6.07) is 8.72. The van der Waals surface area contributed by atoms with Gasteiger partial charge in [0, 0.05) is 8.47 Å². The van der Waals surface area contributed by atoms with Gasteiger partial charge in [0.15, 0.2) is 0 Å². The van der Waals surface area contributed by atoms with Crippen molar-refractivity contribution in [3.63, 3.8) is 0 Å². The lowest BCUT2D eigenvalue weighted by Crippen LogP contribution is -2.13. The van der Waals surface area contributed by atoms with Crippen LogP contribution in [0.1, 0.15) is 6.42 Å². The van der Waals surface area contributed by atoms with E-state index in [2.05, 4.69) is 65.9 Å². The van der Waals surface area contributed by atoms with Crippen LogP contribution in [0, 0.1) is 3.57 Å². The zero-order chi connectivity index (χ0) is 10.4. The van der Waals surface area contributed by atoms with E-state index in [1.807, 2.05) is 11.8 Å². The molecule has 0 heterocycles. The zero-order valence-electron chi connectivity index (χ0n) is 8.66. The third-order valence-electron chi connectivity index (χ3n) is 1.83. The number of hydrogen-bond donors (Lipinski definition) is 0. The molecule has 0 atom stereocenters. The number of benzene rings is 1. The van der Waals surface area contributed by atoms with Gasteiger partial charge in [-0.2, -0.15) is 0 Å². The Labute approximate surface area is 104 Å². The number of halogens is 1. The van der Waals surface area contributed by atoms with Gasteiger partial charge in [0.05, 0.1) is 0 Å². The summed E-state index contributed by atoms with van der Waals surface area (Å²) in [7, 11) is 4.24. The maximum atomic E-state index is 2.33. The molecule has 3 heteroatoms. The van der Waals surface area contributed by atoms with Crippen molar-refractivity contribution < 1.29 is 0 Å². The highest BCUT2D eigenvalue weighted by atomic mass is 127. The summed E-state index contributed by atoms with van der Waals surface area (Å²) >= 11 is 4.28. The van der Waals surface area contributed by atoms with E-state index >= 15 is 0 Å². The van der Waals surface area contributed by atoms with Crippen LogP contribution >= 0.6 is 34.4 Å². The molecule has 1 nitrogen and oxygen atoms in total. The Hall–Kier alpha value is 0.260. The summed E-state index contributed by atoms with van der Waals surface area (Å²) < 4.78 is 1.31. The van der Waals surface area contributed by atoms with Crippen LogP contribution in [0.3, 0.4) is 0 Å². The standard InChI is InChI=1S/C11H16INS/c1-13(2)8-3-9-14-11-6-4-10(12)5-7-11/h4-7H,3,8-9H2,1-2H3. The molecule has 0 spiro atoms. The molecule has 1 rings (SSSR count). The van der Waals surface area contributed by atoms with Gasteiger partial charge < -0.3 is 4.90 Å². The first-order valence-electron chi connectivity index (χ1n) is 4.71. The third kappa shape index (κ3) is 5.22. The highest BCUT2D eigenvalue weighted by molar-refractivity contribution is 14.1. The Kier molecular flexibility index (Phi) is 5.89. The molecule has 0 radical (unpaired) electrons. The SMILES string of the molecule is CN(C)CCCSc1ccc(I)cc1. The molecule has 78 valence electrons. The van der Waals surface area contributed by atoms with Gasteiger partial charge in [0.25, 0.3) is 0 Å². The molecule has 0 fully saturated rings. The van der Waals surface area contributed by atoms with Gasteiger partial charge in [-0.25, -0.2) is 0 Å². The lowest BCUT2D eigenvalue weighted by molar-refractivity contribution is 0.410. The minimum absolute atomic E-state index is 1.18. The maximum absolute atomic E-state index is 2.33. The average molecular weight is 321 g/mol. The van der Waals surface area contributed by atoms with Gasteiger partial charge in [-0.3, -0.25) is 0 Å². The molecule has 0 N–H and O–H groups in total. The van der Waals surface area contributed by atoms with E-state index in [0.29, 0.717) is 0 Å². The van der Waals surface area contributed by atoms with E-state index in [1.54, 1.807) is 0 Å². The quantitative estimate of drug-likeness (QED) is 0.465. The molecule has 0 saturated heterocycles. The van der Waals surface area contributed by atoms with Crippen LogP contribution in [0.15, 0.2) is 29.2 Å². The molecule has 14 heavy (non-hydrogen) atoms. The molecular formula is C11H16INS. The first-order chi connectivity index (χ1) is 6.68. The summed E-state index contributed by atoms with van der Waals surface area (Å²) in [5.41, 5.74) is 0. The Morgan fingerprint density at radius 3 is 2.43 bits per heavy atom. The van der Waals surface area contributed by atoms with Crippen LogP contribution in [-0.4, -0.2) is 31.3 Å². The van der Waals surface area contributed by atoms with E-state index in [1.165, 1.54) is 27.2 Å². The molecular weight excluding hydrogens is 305 g/mol. The van der Waals surface area contributed by atoms with Gasteiger partial charge >= 0.3 is 0 Å². The van der Waals surface area contributed by atoms with Gasteiger partial charge in [0.1, 0.15) is 0 Å². The van der Waals surface area contributed by atoms with Crippen molar-refractivity contribution >= 4 is 34.4 Å². The fourth-order valence-electron chi connectivity index (χ4n) is 1.10. The zero-order valence-corrected chi connectivity index (χ0v) is 11.6. The lowest BCUT2D eigenvalue weighted by atomic mass is 10.4. The summed E-state index contributed by atoms with van der Waals surface area (Å²) in [5, 5.41) is 0. The molecule has 0 aliphatic heterocycles. The Morgan fingerprint density at radius 1 is 1.21 bits per heavy atom. The van der Waals surface area contributed by atoms with Crippen molar-refractivity contribution in [3.8, 4) is 0 Å². The smallest absolute Gasteiger partial charge is 0.0131 e. The van der Waals surface area contributed by atoms with E-state index < -0.39 is 0 Å². The summed E-state index contributed by atoms with van der Waals surface area (Å²) in [6.45, 7) is 1.18. The summed E-state index contributed by atoms with van der Waals surface area (Å²) in [5.74, 6) is 1.21. The van der Waals surface area contributed by atoms with Crippen LogP contribution in [0.2, 0.25) is 0 Å². The Balaban J connectivity index is 2.21. The Bertz CT molecular complexity index is 258. The van der Waals surface area contributed by atoms with Gasteiger partial charge in [0.2, 0.25) is 0 Å². The molecule has 0 unspecified atom stereocenters. The maximum Gasteiger partial charge on any atom is 0.0131 e. The second-order valence-corrected chi connectivity index (χ2v) is 5.87. The molecule has 1 aromatic carbocycles. The highest BCUT2D eigenvalue weighted by Gasteiger charge is 1.95. The van der Waals surface area contributed by atoms with E-state index in [-0.39, 0.29) is 0 Å². The minimum Gasteiger partial charge on any atom is -0.309 e. The number of rotatable bonds is 5. The number of hydrogen-bond acceptors (Lipinski definition) is 2. The molecule has 0 amide bonds. The van der Waals surface area contributed by atoms with Crippen molar-refractivity contribution in [1.29, 1.82) is 0 Å². The van der Waals surface area contributed by atoms with E-state index in [9.17, 15) is 0 Å². The van der Waals surface area contributed by atoms with Crippen LogP contribution in [-0.2, 0) is 0 Å². The van der Waals surface area contributed by atoms with Gasteiger partial charge in [-0.15, -0.1) is 11.8 Å². The fraction of sp³-hybridized carbons (Fsp3) is 0.455. The molecule has 0 aromatic heterocycles. The van der Waals surface area contributed by atoms with E-state index in [4.69, 9.17) is 0 Å². The van der Waals surface area contributed by atoms with Gasteiger partial charge in [-0.1, -0.05) is 0 Å². The summed E-state index contributed by atoms with van der Waals surface area (Å²) in [4.78, 5) is 3.61. The molecule has 0 aliphatic carbocycles. The first-order valence-corrected chi connectivity index (χ1v) is 6.78. The minimum atomic E-state index is 1.18. The number of nitrogens with zero attached hydrogens (tertiary/aromatic N) is 1. The second-order valence-electron chi connectivity index (χ2n) is 3.46. The topological polar surface area (TPSA) is 3.24 Å². The second kappa shape index (κ2) is 6.69. The van der Waals surface area contributed by atoms with Crippen LogP contribution in [0.25, 0.3) is 0 Å². The third-order valence-corrected chi connectivity index (χ3v) is 3.65. The monoisotopic (exact) mass is 321 g/mol. The first kappa shape index (κ1) is 12.3. The van der Waals surface area contributed by atoms with Crippen LogP contribution in [0.5, 0.6) is 0 Å². The van der Waals surface area contributed by atoms with Crippen molar-refractivity contribution in [2.45, 2.75) is 11.3 Å². The predicted octanol–water partition coefficient (Wildman–Crippen LogP) is 3.34. The van der Waals surface area contributed by atoms with Gasteiger partial charge in [-0.05, 0) is 79.7 Å². The van der Waals surface area contributed by atoms with Crippen molar-refractivity contribution in [2.24, 2.45) is 0 Å². The molecule has 1 aromatic rings.